The number of pyridine rings is 1. The van der Waals surface area contributed by atoms with E-state index in [1.807, 2.05) is 0 Å². The molecule has 0 aromatic carbocycles. The Kier molecular flexibility index (Phi) is 4.88. The molecule has 1 saturated carbocycles. The van der Waals surface area contributed by atoms with Crippen molar-refractivity contribution in [1.29, 1.82) is 0 Å². The molecule has 4 rings (SSSR count). The molecule has 1 amide bonds. The molecule has 0 bridgehead atoms. The van der Waals surface area contributed by atoms with E-state index in [1.165, 1.54) is 23.3 Å². The zero-order chi connectivity index (χ0) is 21.7. The van der Waals surface area contributed by atoms with Gasteiger partial charge >= 0.3 is 6.18 Å². The monoisotopic (exact) mass is 443 g/mol. The average molecular weight is 443 g/mol. The first-order valence-corrected chi connectivity index (χ1v) is 10.8. The van der Waals surface area contributed by atoms with Crippen molar-refractivity contribution >= 4 is 15.9 Å². The molecule has 0 spiro atoms. The van der Waals surface area contributed by atoms with Crippen LogP contribution in [0.3, 0.4) is 0 Å². The van der Waals surface area contributed by atoms with E-state index < -0.39 is 39.5 Å². The van der Waals surface area contributed by atoms with Crippen LogP contribution in [0.25, 0.3) is 0 Å². The summed E-state index contributed by atoms with van der Waals surface area (Å²) in [7, 11) is -2.35. The van der Waals surface area contributed by atoms with E-state index in [0.29, 0.717) is 5.69 Å². The summed E-state index contributed by atoms with van der Waals surface area (Å²) in [4.78, 5) is 20.6. The van der Waals surface area contributed by atoms with Gasteiger partial charge in [0.25, 0.3) is 10.0 Å². The van der Waals surface area contributed by atoms with E-state index in [1.54, 1.807) is 25.2 Å². The summed E-state index contributed by atoms with van der Waals surface area (Å²) in [6.07, 6.45) is -0.963. The number of amides is 1. The molecule has 1 aliphatic heterocycles. The second-order valence-electron chi connectivity index (χ2n) is 7.72. The number of carbonyl (C=O) groups is 1. The predicted molar refractivity (Wildman–Crippen MR) is 98.6 cm³/mol. The summed E-state index contributed by atoms with van der Waals surface area (Å²) in [6.45, 7) is -0.195. The first-order valence-electron chi connectivity index (χ1n) is 9.31. The zero-order valence-electron chi connectivity index (χ0n) is 16.0. The first kappa shape index (κ1) is 20.8. The van der Waals surface area contributed by atoms with E-state index in [-0.39, 0.29) is 31.0 Å². The van der Waals surface area contributed by atoms with Crippen LogP contribution in [0.15, 0.2) is 41.9 Å². The van der Waals surface area contributed by atoms with Crippen LogP contribution in [-0.4, -0.2) is 58.5 Å². The molecule has 2 aromatic heterocycles. The Morgan fingerprint density at radius 3 is 2.50 bits per heavy atom. The summed E-state index contributed by atoms with van der Waals surface area (Å²) in [5.74, 6) is -1.70. The number of sulfonamides is 1. The van der Waals surface area contributed by atoms with Crippen molar-refractivity contribution in [3.63, 3.8) is 0 Å². The normalized spacial score (nSPS) is 24.0. The van der Waals surface area contributed by atoms with Gasteiger partial charge in [0.15, 0.2) is 5.03 Å². The third-order valence-corrected chi connectivity index (χ3v) is 7.40. The minimum Gasteiger partial charge on any atom is -0.351 e. The molecule has 8 nitrogen and oxygen atoms in total. The standard InChI is InChI=1S/C18H20F3N5O3S/c1-25-10-15(23-11-25)30(28,29)26-8-12(13-4-2-3-7-22-13)14(9-26)24-16(27)17(5-6-17)18(19,20)21/h2-4,7,10-12,14H,5-6,8-9H2,1H3,(H,24,27)/t12-,14+/m1/s1. The van der Waals surface area contributed by atoms with Gasteiger partial charge in [-0.1, -0.05) is 6.07 Å². The minimum atomic E-state index is -4.64. The number of rotatable bonds is 5. The molecule has 1 saturated heterocycles. The second-order valence-corrected chi connectivity index (χ2v) is 9.61. The van der Waals surface area contributed by atoms with Crippen molar-refractivity contribution in [3.05, 3.63) is 42.6 Å². The lowest BCUT2D eigenvalue weighted by Gasteiger charge is -2.24. The first-order chi connectivity index (χ1) is 14.0. The highest BCUT2D eigenvalue weighted by Gasteiger charge is 2.68. The highest BCUT2D eigenvalue weighted by Crippen LogP contribution is 2.57. The number of halogens is 3. The quantitative estimate of drug-likeness (QED) is 0.754. The van der Waals surface area contributed by atoms with Gasteiger partial charge in [0.2, 0.25) is 5.91 Å². The van der Waals surface area contributed by atoms with Gasteiger partial charge in [-0.2, -0.15) is 17.5 Å². The third-order valence-electron chi connectivity index (χ3n) is 5.68. The third kappa shape index (κ3) is 3.47. The smallest absolute Gasteiger partial charge is 0.351 e. The molecular formula is C18H20F3N5O3S. The summed E-state index contributed by atoms with van der Waals surface area (Å²) < 4.78 is 68.6. The molecule has 12 heteroatoms. The molecule has 2 fully saturated rings. The largest absolute Gasteiger partial charge is 0.403 e. The highest BCUT2D eigenvalue weighted by atomic mass is 32.2. The molecule has 1 aliphatic carbocycles. The lowest BCUT2D eigenvalue weighted by molar-refractivity contribution is -0.192. The van der Waals surface area contributed by atoms with Gasteiger partial charge in [-0.05, 0) is 25.0 Å². The van der Waals surface area contributed by atoms with Gasteiger partial charge < -0.3 is 9.88 Å². The number of hydrogen-bond acceptors (Lipinski definition) is 5. The van der Waals surface area contributed by atoms with Gasteiger partial charge in [-0.3, -0.25) is 9.78 Å². The van der Waals surface area contributed by atoms with Crippen LogP contribution in [0, 0.1) is 5.41 Å². The van der Waals surface area contributed by atoms with Crippen LogP contribution >= 0.6 is 0 Å². The van der Waals surface area contributed by atoms with Gasteiger partial charge in [-0.25, -0.2) is 13.4 Å². The number of aryl methyl sites for hydroxylation is 1. The van der Waals surface area contributed by atoms with E-state index in [2.05, 4.69) is 15.3 Å². The van der Waals surface area contributed by atoms with Crippen molar-refractivity contribution in [3.8, 4) is 0 Å². The second kappa shape index (κ2) is 7.05. The number of hydrogen-bond donors (Lipinski definition) is 1. The fourth-order valence-electron chi connectivity index (χ4n) is 3.73. The molecule has 2 aromatic rings. The number of imidazole rings is 1. The Labute approximate surface area is 171 Å². The van der Waals surface area contributed by atoms with Gasteiger partial charge in [0.1, 0.15) is 5.41 Å². The Morgan fingerprint density at radius 2 is 1.97 bits per heavy atom. The highest BCUT2D eigenvalue weighted by molar-refractivity contribution is 7.89. The van der Waals surface area contributed by atoms with Crippen molar-refractivity contribution in [2.75, 3.05) is 13.1 Å². The van der Waals surface area contributed by atoms with Crippen molar-refractivity contribution < 1.29 is 26.4 Å². The Bertz CT molecular complexity index is 1050. The molecule has 0 unspecified atom stereocenters. The summed E-state index contributed by atoms with van der Waals surface area (Å²) in [5.41, 5.74) is -1.88. The molecule has 2 aliphatic rings. The molecule has 162 valence electrons. The van der Waals surface area contributed by atoms with Crippen molar-refractivity contribution in [2.24, 2.45) is 12.5 Å². The van der Waals surface area contributed by atoms with Crippen LogP contribution in [0.2, 0.25) is 0 Å². The van der Waals surface area contributed by atoms with Crippen LogP contribution in [0.5, 0.6) is 0 Å². The SMILES string of the molecule is Cn1cnc(S(=O)(=O)N2C[C@H](NC(=O)C3(C(F)(F)F)CC3)[C@@H](c3ccccn3)C2)c1. The topological polar surface area (TPSA) is 97.2 Å². The van der Waals surface area contributed by atoms with Crippen LogP contribution < -0.4 is 5.32 Å². The van der Waals surface area contributed by atoms with Gasteiger partial charge in [0, 0.05) is 44.1 Å². The van der Waals surface area contributed by atoms with Crippen LogP contribution in [0.4, 0.5) is 13.2 Å². The predicted octanol–water partition coefficient (Wildman–Crippen LogP) is 1.43. The Hall–Kier alpha value is -2.47. The van der Waals surface area contributed by atoms with Crippen molar-refractivity contribution in [1.82, 2.24) is 24.2 Å². The molecule has 30 heavy (non-hydrogen) atoms. The minimum absolute atomic E-state index is 0.0279. The summed E-state index contributed by atoms with van der Waals surface area (Å²) in [5, 5.41) is 2.30. The molecular weight excluding hydrogens is 423 g/mol. The van der Waals surface area contributed by atoms with E-state index in [0.717, 1.165) is 4.31 Å². The number of nitrogens with zero attached hydrogens (tertiary/aromatic N) is 4. The van der Waals surface area contributed by atoms with Crippen molar-refractivity contribution in [2.45, 2.75) is 36.0 Å². The Morgan fingerprint density at radius 1 is 1.23 bits per heavy atom. The Balaban J connectivity index is 1.62. The van der Waals surface area contributed by atoms with E-state index in [4.69, 9.17) is 0 Å². The number of aromatic nitrogens is 3. The fraction of sp³-hybridized carbons (Fsp3) is 0.500. The maximum Gasteiger partial charge on any atom is 0.403 e. The number of nitrogens with one attached hydrogen (secondary N) is 1. The number of alkyl halides is 3. The van der Waals surface area contributed by atoms with E-state index in [9.17, 15) is 26.4 Å². The van der Waals surface area contributed by atoms with Gasteiger partial charge in [0.05, 0.1) is 12.4 Å². The molecule has 2 atom stereocenters. The van der Waals surface area contributed by atoms with Gasteiger partial charge in [-0.15, -0.1) is 0 Å². The maximum absolute atomic E-state index is 13.3. The maximum atomic E-state index is 13.3. The van der Waals surface area contributed by atoms with E-state index >= 15 is 0 Å². The lowest BCUT2D eigenvalue weighted by atomic mass is 9.97. The molecule has 1 N–H and O–H groups in total. The molecule has 0 radical (unpaired) electrons. The van der Waals surface area contributed by atoms with Crippen LogP contribution in [0.1, 0.15) is 24.5 Å². The summed E-state index contributed by atoms with van der Waals surface area (Å²) >= 11 is 0. The zero-order valence-corrected chi connectivity index (χ0v) is 16.8. The molecule has 3 heterocycles. The number of carbonyl (C=O) groups excluding carboxylic acids is 1. The fourth-order valence-corrected chi connectivity index (χ4v) is 5.19. The van der Waals surface area contributed by atoms with Crippen LogP contribution in [-0.2, 0) is 21.9 Å². The summed E-state index contributed by atoms with van der Waals surface area (Å²) in [6, 6.07) is 4.20. The lowest BCUT2D eigenvalue weighted by Crippen LogP contribution is -2.48. The average Bonchev–Trinajstić information content (AvgIpc) is 3.24.